The average molecular weight is 131 g/mol. The minimum Gasteiger partial charge on any atom is -0.479 e. The summed E-state index contributed by atoms with van der Waals surface area (Å²) in [7, 11) is 2.85. The molecule has 3 heteroatoms. The summed E-state index contributed by atoms with van der Waals surface area (Å²) in [5.41, 5.74) is 0. The Labute approximate surface area is 54.0 Å². The fourth-order valence-electron chi connectivity index (χ4n) is 0.419. The highest BCUT2D eigenvalue weighted by Gasteiger charge is 2.00. The summed E-state index contributed by atoms with van der Waals surface area (Å²) in [5.74, 6) is -0.391. The summed E-state index contributed by atoms with van der Waals surface area (Å²) in [6.45, 7) is 1.58. The van der Waals surface area contributed by atoms with Crippen LogP contribution in [0.1, 0.15) is 6.92 Å². The Balaban J connectivity index is 4.14. The number of methoxy groups -OCH3 is 1. The van der Waals surface area contributed by atoms with Gasteiger partial charge in [-0.05, 0) is 13.0 Å². The molecule has 2 nitrogen and oxygen atoms in total. The van der Waals surface area contributed by atoms with Crippen LogP contribution in [0.15, 0.2) is 16.9 Å². The van der Waals surface area contributed by atoms with E-state index in [1.165, 1.54) is 20.2 Å². The number of ether oxygens (including phenoxy) is 1. The van der Waals surface area contributed by atoms with E-state index in [1.54, 1.807) is 6.92 Å². The van der Waals surface area contributed by atoms with Crippen LogP contribution in [0.4, 0.5) is 4.39 Å². The zero-order valence-electron chi connectivity index (χ0n) is 5.81. The number of hydrogen-bond acceptors (Lipinski definition) is 2. The lowest BCUT2D eigenvalue weighted by molar-refractivity contribution is 0.389. The minimum absolute atomic E-state index is 0.0394. The molecule has 0 N–H and O–H groups in total. The number of nitrogens with zero attached hydrogens (tertiary/aromatic N) is 1. The predicted octanol–water partition coefficient (Wildman–Crippen LogP) is 1.53. The predicted molar refractivity (Wildman–Crippen MR) is 35.2 cm³/mol. The van der Waals surface area contributed by atoms with Crippen molar-refractivity contribution in [3.05, 3.63) is 11.9 Å². The van der Waals surface area contributed by atoms with Gasteiger partial charge < -0.3 is 4.74 Å². The van der Waals surface area contributed by atoms with Crippen LogP contribution in [0.3, 0.4) is 0 Å². The summed E-state index contributed by atoms with van der Waals surface area (Å²) < 4.78 is 17.0. The molecule has 0 rings (SSSR count). The first-order valence-electron chi connectivity index (χ1n) is 2.59. The molecule has 9 heavy (non-hydrogen) atoms. The number of hydrogen-bond donors (Lipinski definition) is 0. The highest BCUT2D eigenvalue weighted by atomic mass is 19.1. The Hall–Kier alpha value is -0.860. The van der Waals surface area contributed by atoms with Crippen LogP contribution in [-0.4, -0.2) is 20.1 Å². The Morgan fingerprint density at radius 1 is 1.67 bits per heavy atom. The van der Waals surface area contributed by atoms with Crippen molar-refractivity contribution in [2.75, 3.05) is 14.2 Å². The van der Waals surface area contributed by atoms with Gasteiger partial charge in [-0.15, -0.1) is 0 Å². The lowest BCUT2D eigenvalue weighted by atomic mass is 10.5. The second kappa shape index (κ2) is 4.06. The fraction of sp³-hybridized carbons (Fsp3) is 0.500. The highest BCUT2D eigenvalue weighted by molar-refractivity contribution is 5.90. The molecule has 0 heterocycles. The molecule has 0 bridgehead atoms. The fourth-order valence-corrected chi connectivity index (χ4v) is 0.419. The van der Waals surface area contributed by atoms with E-state index in [2.05, 4.69) is 9.73 Å². The number of halogens is 1. The van der Waals surface area contributed by atoms with E-state index < -0.39 is 5.83 Å². The second-order valence-corrected chi connectivity index (χ2v) is 1.37. The molecule has 0 aromatic carbocycles. The molecule has 0 unspecified atom stereocenters. The molecule has 0 aliphatic heterocycles. The third-order valence-corrected chi connectivity index (χ3v) is 0.854. The topological polar surface area (TPSA) is 21.6 Å². The lowest BCUT2D eigenvalue weighted by Gasteiger charge is -1.97. The smallest absolute Gasteiger partial charge is 0.244 e. The van der Waals surface area contributed by atoms with Crippen LogP contribution in [-0.2, 0) is 4.74 Å². The van der Waals surface area contributed by atoms with Crippen LogP contribution in [0.5, 0.6) is 0 Å². The van der Waals surface area contributed by atoms with Gasteiger partial charge in [0.1, 0.15) is 0 Å². The first kappa shape index (κ1) is 8.14. The SMILES string of the molecule is C/C=C(F)\C(=N/C)OC. The van der Waals surface area contributed by atoms with Crippen LogP contribution in [0.25, 0.3) is 0 Å². The van der Waals surface area contributed by atoms with E-state index in [9.17, 15) is 4.39 Å². The summed E-state index contributed by atoms with van der Waals surface area (Å²) in [6, 6.07) is 0. The van der Waals surface area contributed by atoms with Crippen molar-refractivity contribution in [3.8, 4) is 0 Å². The normalized spacial score (nSPS) is 13.8. The van der Waals surface area contributed by atoms with Crippen molar-refractivity contribution in [2.45, 2.75) is 6.92 Å². The van der Waals surface area contributed by atoms with Gasteiger partial charge >= 0.3 is 0 Å². The first-order chi connectivity index (χ1) is 4.26. The monoisotopic (exact) mass is 131 g/mol. The second-order valence-electron chi connectivity index (χ2n) is 1.37. The van der Waals surface area contributed by atoms with Crippen LogP contribution in [0.2, 0.25) is 0 Å². The number of aliphatic imine (C=N–C) groups is 1. The Morgan fingerprint density at radius 2 is 2.22 bits per heavy atom. The molecule has 0 aliphatic rings. The van der Waals surface area contributed by atoms with Crippen LogP contribution < -0.4 is 0 Å². The zero-order chi connectivity index (χ0) is 7.28. The van der Waals surface area contributed by atoms with Crippen LogP contribution >= 0.6 is 0 Å². The molecule has 0 aromatic rings. The maximum atomic E-state index is 12.4. The summed E-state index contributed by atoms with van der Waals surface area (Å²) >= 11 is 0. The summed E-state index contributed by atoms with van der Waals surface area (Å²) in [6.07, 6.45) is 1.30. The van der Waals surface area contributed by atoms with Crippen molar-refractivity contribution < 1.29 is 9.13 Å². The van der Waals surface area contributed by atoms with Crippen molar-refractivity contribution in [1.29, 1.82) is 0 Å². The third kappa shape index (κ3) is 2.26. The van der Waals surface area contributed by atoms with Crippen molar-refractivity contribution in [1.82, 2.24) is 0 Å². The number of allylic oxidation sites excluding steroid dienone is 1. The maximum absolute atomic E-state index is 12.4. The van der Waals surface area contributed by atoms with E-state index in [1.807, 2.05) is 0 Å². The molecule has 0 amide bonds. The Kier molecular flexibility index (Phi) is 3.67. The van der Waals surface area contributed by atoms with Gasteiger partial charge in [-0.25, -0.2) is 4.39 Å². The van der Waals surface area contributed by atoms with E-state index in [4.69, 9.17) is 0 Å². The zero-order valence-corrected chi connectivity index (χ0v) is 5.81. The molecule has 0 aliphatic carbocycles. The van der Waals surface area contributed by atoms with Gasteiger partial charge in [0, 0.05) is 7.05 Å². The first-order valence-corrected chi connectivity index (χ1v) is 2.59. The van der Waals surface area contributed by atoms with Gasteiger partial charge in [0.25, 0.3) is 0 Å². The molecule has 0 atom stereocenters. The molecule has 0 radical (unpaired) electrons. The molecule has 0 fully saturated rings. The van der Waals surface area contributed by atoms with E-state index >= 15 is 0 Å². The quantitative estimate of drug-likeness (QED) is 0.390. The van der Waals surface area contributed by atoms with Gasteiger partial charge in [-0.1, -0.05) is 0 Å². The third-order valence-electron chi connectivity index (χ3n) is 0.854. The summed E-state index contributed by atoms with van der Waals surface area (Å²) in [5, 5.41) is 0. The lowest BCUT2D eigenvalue weighted by Crippen LogP contribution is -2.00. The van der Waals surface area contributed by atoms with Gasteiger partial charge in [0.15, 0.2) is 5.83 Å². The van der Waals surface area contributed by atoms with Crippen molar-refractivity contribution in [3.63, 3.8) is 0 Å². The maximum Gasteiger partial charge on any atom is 0.244 e. The van der Waals surface area contributed by atoms with E-state index in [-0.39, 0.29) is 5.90 Å². The molecule has 0 spiro atoms. The molecule has 0 saturated heterocycles. The molecule has 0 aromatic heterocycles. The van der Waals surface area contributed by atoms with E-state index in [0.717, 1.165) is 0 Å². The largest absolute Gasteiger partial charge is 0.479 e. The van der Waals surface area contributed by atoms with Crippen molar-refractivity contribution in [2.24, 2.45) is 4.99 Å². The molecular weight excluding hydrogens is 121 g/mol. The van der Waals surface area contributed by atoms with Crippen molar-refractivity contribution >= 4 is 5.90 Å². The average Bonchev–Trinajstić information content (AvgIpc) is 1.90. The van der Waals surface area contributed by atoms with Gasteiger partial charge in [0.2, 0.25) is 5.90 Å². The Bertz CT molecular complexity index is 140. The van der Waals surface area contributed by atoms with Gasteiger partial charge in [-0.3, -0.25) is 4.99 Å². The summed E-state index contributed by atoms with van der Waals surface area (Å²) in [4.78, 5) is 3.53. The van der Waals surface area contributed by atoms with E-state index in [0.29, 0.717) is 0 Å². The molecule has 52 valence electrons. The minimum atomic E-state index is -0.431. The number of rotatable bonds is 1. The highest BCUT2D eigenvalue weighted by Crippen LogP contribution is 1.99. The standard InChI is InChI=1S/C6H10FNO/c1-4-5(7)6(8-2)9-3/h4H,1-3H3/b5-4+,8-6+. The Morgan fingerprint density at radius 3 is 2.33 bits per heavy atom. The van der Waals surface area contributed by atoms with Gasteiger partial charge in [0.05, 0.1) is 7.11 Å². The molecular formula is C6H10FNO. The molecule has 0 saturated carbocycles. The van der Waals surface area contributed by atoms with Crippen LogP contribution in [0, 0.1) is 0 Å². The van der Waals surface area contributed by atoms with Gasteiger partial charge in [-0.2, -0.15) is 0 Å².